The zero-order valence-electron chi connectivity index (χ0n) is 6.78. The Balaban J connectivity index is 2.14. The van der Waals surface area contributed by atoms with Crippen LogP contribution in [0.4, 0.5) is 23.5 Å². The van der Waals surface area contributed by atoms with Gasteiger partial charge in [0, 0.05) is 24.3 Å². The molecule has 2 aromatic heterocycles. The zero-order chi connectivity index (χ0) is 9.26. The summed E-state index contributed by atoms with van der Waals surface area (Å²) in [5, 5.41) is 2.85. The summed E-state index contributed by atoms with van der Waals surface area (Å²) in [6.07, 6.45) is 0. The van der Waals surface area contributed by atoms with Gasteiger partial charge in [0.05, 0.1) is 0 Å². The molecule has 0 atom stereocenters. The predicted molar refractivity (Wildman–Crippen MR) is 49.5 cm³/mol. The summed E-state index contributed by atoms with van der Waals surface area (Å²) >= 11 is 0. The lowest BCUT2D eigenvalue weighted by molar-refractivity contribution is 0.579. The topological polar surface area (TPSA) is 90.3 Å². The average Bonchev–Trinajstić information content (AvgIpc) is 2.62. The molecular weight excluding hydrogens is 170 g/mol. The van der Waals surface area contributed by atoms with Crippen LogP contribution >= 0.6 is 0 Å². The molecule has 13 heavy (non-hydrogen) atoms. The number of anilines is 4. The van der Waals surface area contributed by atoms with Crippen LogP contribution in [-0.2, 0) is 0 Å². The molecule has 0 radical (unpaired) electrons. The van der Waals surface area contributed by atoms with Crippen LogP contribution in [0.15, 0.2) is 33.1 Å². The molecule has 0 spiro atoms. The third-order valence-corrected chi connectivity index (χ3v) is 1.50. The van der Waals surface area contributed by atoms with Crippen molar-refractivity contribution < 1.29 is 8.83 Å². The minimum absolute atomic E-state index is 0.349. The summed E-state index contributed by atoms with van der Waals surface area (Å²) in [6.45, 7) is 0. The fraction of sp³-hybridized carbons (Fsp3) is 0. The minimum Gasteiger partial charge on any atom is -0.425 e. The number of nitrogens with one attached hydrogen (secondary N) is 1. The van der Waals surface area contributed by atoms with Gasteiger partial charge in [-0.15, -0.1) is 0 Å². The SMILES string of the molecule is Nc1ccc(Nc2ccc(N)o2)o1. The van der Waals surface area contributed by atoms with Crippen LogP contribution in [0.2, 0.25) is 0 Å². The summed E-state index contributed by atoms with van der Waals surface area (Å²) in [5.74, 6) is 1.74. The lowest BCUT2D eigenvalue weighted by Crippen LogP contribution is -1.85. The number of furan rings is 2. The third-order valence-electron chi connectivity index (χ3n) is 1.50. The van der Waals surface area contributed by atoms with Crippen molar-refractivity contribution in [3.63, 3.8) is 0 Å². The van der Waals surface area contributed by atoms with E-state index >= 15 is 0 Å². The van der Waals surface area contributed by atoms with E-state index in [-0.39, 0.29) is 0 Å². The highest BCUT2D eigenvalue weighted by Crippen LogP contribution is 2.22. The highest BCUT2D eigenvalue weighted by molar-refractivity contribution is 5.52. The molecule has 0 aromatic carbocycles. The first-order chi connectivity index (χ1) is 6.24. The molecular formula is C8H9N3O2. The Morgan fingerprint density at radius 3 is 1.62 bits per heavy atom. The molecule has 0 saturated heterocycles. The largest absolute Gasteiger partial charge is 0.425 e. The Morgan fingerprint density at radius 2 is 1.31 bits per heavy atom. The Kier molecular flexibility index (Phi) is 1.63. The van der Waals surface area contributed by atoms with Gasteiger partial charge < -0.3 is 20.3 Å². The van der Waals surface area contributed by atoms with E-state index in [9.17, 15) is 0 Å². The van der Waals surface area contributed by atoms with Gasteiger partial charge in [0.2, 0.25) is 11.8 Å². The Labute approximate surface area is 74.3 Å². The summed E-state index contributed by atoms with van der Waals surface area (Å²) < 4.78 is 10.1. The van der Waals surface area contributed by atoms with Gasteiger partial charge in [-0.2, -0.15) is 0 Å². The van der Waals surface area contributed by atoms with Crippen molar-refractivity contribution in [3.05, 3.63) is 24.3 Å². The summed E-state index contributed by atoms with van der Waals surface area (Å²) in [5.41, 5.74) is 10.8. The van der Waals surface area contributed by atoms with Crippen molar-refractivity contribution in [3.8, 4) is 0 Å². The average molecular weight is 179 g/mol. The highest BCUT2D eigenvalue weighted by atomic mass is 16.4. The highest BCUT2D eigenvalue weighted by Gasteiger charge is 2.02. The van der Waals surface area contributed by atoms with Crippen LogP contribution in [-0.4, -0.2) is 0 Å². The van der Waals surface area contributed by atoms with E-state index in [2.05, 4.69) is 5.32 Å². The number of hydrogen-bond donors (Lipinski definition) is 3. The number of hydrogen-bond acceptors (Lipinski definition) is 5. The normalized spacial score (nSPS) is 10.2. The molecule has 68 valence electrons. The lowest BCUT2D eigenvalue weighted by atomic mass is 10.5. The van der Waals surface area contributed by atoms with Gasteiger partial charge in [-0.05, 0) is 0 Å². The quantitative estimate of drug-likeness (QED) is 0.653. The van der Waals surface area contributed by atoms with Crippen molar-refractivity contribution in [2.24, 2.45) is 0 Å². The minimum atomic E-state index is 0.349. The van der Waals surface area contributed by atoms with Gasteiger partial charge in [0.15, 0.2) is 11.8 Å². The monoisotopic (exact) mass is 179 g/mol. The standard InChI is InChI=1S/C8H9N3O2/c9-5-1-3-7(12-5)11-8-4-2-6(10)13-8/h1-4,11H,9-10H2. The number of rotatable bonds is 2. The maximum atomic E-state index is 5.38. The zero-order valence-corrected chi connectivity index (χ0v) is 6.78. The van der Waals surface area contributed by atoms with E-state index in [0.29, 0.717) is 23.5 Å². The van der Waals surface area contributed by atoms with Crippen LogP contribution in [0.1, 0.15) is 0 Å². The van der Waals surface area contributed by atoms with E-state index < -0.39 is 0 Å². The van der Waals surface area contributed by atoms with Gasteiger partial charge >= 0.3 is 0 Å². The predicted octanol–water partition coefficient (Wildman–Crippen LogP) is 1.78. The van der Waals surface area contributed by atoms with Gasteiger partial charge in [-0.1, -0.05) is 0 Å². The first-order valence-corrected chi connectivity index (χ1v) is 3.72. The molecule has 2 heterocycles. The summed E-state index contributed by atoms with van der Waals surface area (Å²) in [6, 6.07) is 6.70. The van der Waals surface area contributed by atoms with Gasteiger partial charge in [0.25, 0.3) is 0 Å². The summed E-state index contributed by atoms with van der Waals surface area (Å²) in [7, 11) is 0. The maximum Gasteiger partial charge on any atom is 0.202 e. The van der Waals surface area contributed by atoms with Crippen LogP contribution in [0.3, 0.4) is 0 Å². The Morgan fingerprint density at radius 1 is 0.846 bits per heavy atom. The van der Waals surface area contributed by atoms with E-state index in [1.807, 2.05) is 0 Å². The van der Waals surface area contributed by atoms with Crippen LogP contribution in [0.25, 0.3) is 0 Å². The maximum absolute atomic E-state index is 5.38. The summed E-state index contributed by atoms with van der Waals surface area (Å²) in [4.78, 5) is 0. The molecule has 0 fully saturated rings. The first-order valence-electron chi connectivity index (χ1n) is 3.72. The van der Waals surface area contributed by atoms with E-state index in [4.69, 9.17) is 20.3 Å². The molecule has 0 bridgehead atoms. The Bertz CT molecular complexity index is 367. The first kappa shape index (κ1) is 7.60. The second-order valence-electron chi connectivity index (χ2n) is 2.53. The number of nitrogen functional groups attached to an aromatic ring is 2. The van der Waals surface area contributed by atoms with Crippen LogP contribution < -0.4 is 16.8 Å². The molecule has 0 amide bonds. The molecule has 0 aliphatic rings. The lowest BCUT2D eigenvalue weighted by Gasteiger charge is -1.95. The molecule has 5 heteroatoms. The molecule has 0 saturated carbocycles. The molecule has 2 aromatic rings. The smallest absolute Gasteiger partial charge is 0.202 e. The van der Waals surface area contributed by atoms with Gasteiger partial charge in [-0.3, -0.25) is 5.32 Å². The third kappa shape index (κ3) is 1.58. The second kappa shape index (κ2) is 2.78. The molecule has 0 aliphatic carbocycles. The van der Waals surface area contributed by atoms with Crippen molar-refractivity contribution in [2.75, 3.05) is 16.8 Å². The second-order valence-corrected chi connectivity index (χ2v) is 2.53. The van der Waals surface area contributed by atoms with E-state index in [1.54, 1.807) is 24.3 Å². The van der Waals surface area contributed by atoms with Crippen molar-refractivity contribution in [1.29, 1.82) is 0 Å². The Hall–Kier alpha value is -2.04. The van der Waals surface area contributed by atoms with E-state index in [0.717, 1.165) is 0 Å². The van der Waals surface area contributed by atoms with Crippen LogP contribution in [0, 0.1) is 0 Å². The van der Waals surface area contributed by atoms with E-state index in [1.165, 1.54) is 0 Å². The fourth-order valence-electron chi connectivity index (χ4n) is 0.961. The number of nitrogens with two attached hydrogens (primary N) is 2. The van der Waals surface area contributed by atoms with Crippen molar-refractivity contribution in [1.82, 2.24) is 0 Å². The van der Waals surface area contributed by atoms with Crippen molar-refractivity contribution in [2.45, 2.75) is 0 Å². The molecule has 2 rings (SSSR count). The van der Waals surface area contributed by atoms with Crippen LogP contribution in [0.5, 0.6) is 0 Å². The molecule has 5 nitrogen and oxygen atoms in total. The van der Waals surface area contributed by atoms with Crippen molar-refractivity contribution >= 4 is 23.5 Å². The fourth-order valence-corrected chi connectivity index (χ4v) is 0.961. The van der Waals surface area contributed by atoms with Gasteiger partial charge in [-0.25, -0.2) is 0 Å². The molecule has 0 unspecified atom stereocenters. The molecule has 5 N–H and O–H groups in total. The van der Waals surface area contributed by atoms with Gasteiger partial charge in [0.1, 0.15) is 0 Å². The molecule has 0 aliphatic heterocycles.